The maximum absolute atomic E-state index is 13.7. The van der Waals surface area contributed by atoms with Crippen molar-refractivity contribution in [1.82, 2.24) is 10.2 Å². The summed E-state index contributed by atoms with van der Waals surface area (Å²) in [7, 11) is 0. The van der Waals surface area contributed by atoms with Gasteiger partial charge >= 0.3 is 12.1 Å². The van der Waals surface area contributed by atoms with Crippen molar-refractivity contribution < 1.29 is 29.0 Å². The Balaban J connectivity index is 1.51. The molecule has 2 amide bonds. The minimum atomic E-state index is -1.17. The number of nitrogens with zero attached hydrogens (tertiary/aromatic N) is 1. The van der Waals surface area contributed by atoms with E-state index in [0.29, 0.717) is 18.3 Å². The van der Waals surface area contributed by atoms with Crippen molar-refractivity contribution in [3.8, 4) is 16.9 Å². The molecule has 2 N–H and O–H groups in total. The Kier molecular flexibility index (Phi) is 10.1. The van der Waals surface area contributed by atoms with Gasteiger partial charge in [0, 0.05) is 12.8 Å². The SMILES string of the molecule is CC(C)CCOc1ccc2c(c1)CN(C(=O)OC(C)(C)C)[C@H](C(=O)N[C@@H](Cc1ccc(-c3ccccc3)cc1)C(=O)O)C2. The number of carbonyl (C=O) groups is 3. The van der Waals surface area contributed by atoms with Crippen LogP contribution in [0.15, 0.2) is 72.8 Å². The van der Waals surface area contributed by atoms with E-state index in [-0.39, 0.29) is 19.4 Å². The van der Waals surface area contributed by atoms with Gasteiger partial charge in [-0.1, -0.05) is 74.5 Å². The number of hydrogen-bond acceptors (Lipinski definition) is 5. The lowest BCUT2D eigenvalue weighted by molar-refractivity contribution is -0.142. The van der Waals surface area contributed by atoms with Crippen LogP contribution >= 0.6 is 0 Å². The number of aliphatic carboxylic acids is 1. The van der Waals surface area contributed by atoms with E-state index >= 15 is 0 Å². The number of carboxylic acids is 1. The van der Waals surface area contributed by atoms with Crippen LogP contribution in [0.3, 0.4) is 0 Å². The van der Waals surface area contributed by atoms with Crippen molar-refractivity contribution >= 4 is 18.0 Å². The summed E-state index contributed by atoms with van der Waals surface area (Å²) in [4.78, 5) is 40.6. The summed E-state index contributed by atoms with van der Waals surface area (Å²) in [5.74, 6) is -0.468. The van der Waals surface area contributed by atoms with E-state index in [1.54, 1.807) is 20.8 Å². The first-order chi connectivity index (χ1) is 20.4. The second-order valence-electron chi connectivity index (χ2n) is 12.5. The fraction of sp³-hybridized carbons (Fsp3) is 0.400. The van der Waals surface area contributed by atoms with Gasteiger partial charge in [-0.15, -0.1) is 0 Å². The summed E-state index contributed by atoms with van der Waals surface area (Å²) in [6, 6.07) is 21.1. The fourth-order valence-electron chi connectivity index (χ4n) is 4.98. The lowest BCUT2D eigenvalue weighted by Crippen LogP contribution is -2.56. The Morgan fingerprint density at radius 1 is 0.953 bits per heavy atom. The Bertz CT molecular complexity index is 1410. The fourth-order valence-corrected chi connectivity index (χ4v) is 4.98. The molecule has 3 aromatic rings. The molecule has 1 aliphatic heterocycles. The number of nitrogens with one attached hydrogen (secondary N) is 1. The summed E-state index contributed by atoms with van der Waals surface area (Å²) < 4.78 is 11.6. The van der Waals surface area contributed by atoms with Crippen LogP contribution in [0.5, 0.6) is 5.75 Å². The molecule has 1 aliphatic rings. The number of rotatable bonds is 10. The minimum Gasteiger partial charge on any atom is -0.494 e. The molecule has 0 unspecified atom stereocenters. The smallest absolute Gasteiger partial charge is 0.411 e. The van der Waals surface area contributed by atoms with Gasteiger partial charge in [-0.3, -0.25) is 9.69 Å². The van der Waals surface area contributed by atoms with Crippen LogP contribution in [0.4, 0.5) is 4.79 Å². The van der Waals surface area contributed by atoms with Crippen LogP contribution in [-0.4, -0.2) is 52.3 Å². The number of fused-ring (bicyclic) bond motifs is 1. The number of amides is 2. The molecule has 0 radical (unpaired) electrons. The largest absolute Gasteiger partial charge is 0.494 e. The van der Waals surface area contributed by atoms with E-state index in [1.807, 2.05) is 72.8 Å². The quantitative estimate of drug-likeness (QED) is 0.291. The molecular formula is C35H42N2O6. The third kappa shape index (κ3) is 8.83. The van der Waals surface area contributed by atoms with Crippen molar-refractivity contribution in [1.29, 1.82) is 0 Å². The third-order valence-electron chi connectivity index (χ3n) is 7.32. The molecule has 0 bridgehead atoms. The van der Waals surface area contributed by atoms with Crippen LogP contribution in [0.25, 0.3) is 11.1 Å². The molecule has 0 saturated heterocycles. The maximum Gasteiger partial charge on any atom is 0.411 e. The highest BCUT2D eigenvalue weighted by molar-refractivity contribution is 5.90. The normalized spacial score (nSPS) is 15.4. The lowest BCUT2D eigenvalue weighted by atomic mass is 9.93. The number of hydrogen-bond donors (Lipinski definition) is 2. The van der Waals surface area contributed by atoms with Gasteiger partial charge in [0.05, 0.1) is 13.2 Å². The molecule has 0 aromatic heterocycles. The van der Waals surface area contributed by atoms with Gasteiger partial charge in [-0.05, 0) is 73.1 Å². The number of benzene rings is 3. The Morgan fingerprint density at radius 2 is 1.63 bits per heavy atom. The Labute approximate surface area is 254 Å². The molecule has 1 heterocycles. The molecule has 0 saturated carbocycles. The van der Waals surface area contributed by atoms with Gasteiger partial charge < -0.3 is 19.9 Å². The van der Waals surface area contributed by atoms with E-state index in [9.17, 15) is 19.5 Å². The molecule has 228 valence electrons. The highest BCUT2D eigenvalue weighted by atomic mass is 16.6. The van der Waals surface area contributed by atoms with Gasteiger partial charge in [-0.2, -0.15) is 0 Å². The molecule has 3 aromatic carbocycles. The summed E-state index contributed by atoms with van der Waals surface area (Å²) in [6.07, 6.45) is 0.617. The van der Waals surface area contributed by atoms with Crippen LogP contribution < -0.4 is 10.1 Å². The zero-order chi connectivity index (χ0) is 31.1. The molecule has 43 heavy (non-hydrogen) atoms. The standard InChI is InChI=1S/C35H42N2O6/c1-23(2)17-18-42-29-16-15-27-21-31(37(22-28(27)20-29)34(41)43-35(3,4)5)32(38)36-30(33(39)40)19-24-11-13-26(14-12-24)25-9-7-6-8-10-25/h6-16,20,23,30-31H,17-19,21-22H2,1-5H3,(H,36,38)(H,39,40)/t30-,31-/m0/s1. The summed E-state index contributed by atoms with van der Waals surface area (Å²) in [6.45, 7) is 10.3. The average molecular weight is 587 g/mol. The van der Waals surface area contributed by atoms with Gasteiger partial charge in [0.15, 0.2) is 0 Å². The molecule has 2 atom stereocenters. The zero-order valence-corrected chi connectivity index (χ0v) is 25.6. The van der Waals surface area contributed by atoms with Gasteiger partial charge in [0.1, 0.15) is 23.4 Å². The van der Waals surface area contributed by atoms with E-state index in [2.05, 4.69) is 19.2 Å². The van der Waals surface area contributed by atoms with E-state index < -0.39 is 35.7 Å². The second kappa shape index (κ2) is 13.8. The highest BCUT2D eigenvalue weighted by Crippen LogP contribution is 2.29. The number of ether oxygens (including phenoxy) is 2. The number of carboxylic acid groups (broad SMARTS) is 1. The topological polar surface area (TPSA) is 105 Å². The van der Waals surface area contributed by atoms with Gasteiger partial charge in [0.2, 0.25) is 5.91 Å². The molecular weight excluding hydrogens is 544 g/mol. The van der Waals surface area contributed by atoms with Gasteiger partial charge in [0.25, 0.3) is 0 Å². The molecule has 4 rings (SSSR count). The average Bonchev–Trinajstić information content (AvgIpc) is 2.95. The Hall–Kier alpha value is -4.33. The third-order valence-corrected chi connectivity index (χ3v) is 7.32. The molecule has 0 spiro atoms. The maximum atomic E-state index is 13.7. The molecule has 8 heteroatoms. The van der Waals surface area contributed by atoms with Crippen LogP contribution in [0, 0.1) is 5.92 Å². The Morgan fingerprint density at radius 3 is 2.26 bits per heavy atom. The zero-order valence-electron chi connectivity index (χ0n) is 25.6. The van der Waals surface area contributed by atoms with Crippen LogP contribution in [-0.2, 0) is 33.7 Å². The summed E-state index contributed by atoms with van der Waals surface area (Å²) in [5.41, 5.74) is 3.85. The number of carbonyl (C=O) groups excluding carboxylic acids is 2. The van der Waals surface area contributed by atoms with E-state index in [0.717, 1.165) is 34.2 Å². The predicted octanol–water partition coefficient (Wildman–Crippen LogP) is 6.25. The van der Waals surface area contributed by atoms with Crippen molar-refractivity contribution in [2.45, 2.75) is 78.1 Å². The highest BCUT2D eigenvalue weighted by Gasteiger charge is 2.38. The van der Waals surface area contributed by atoms with Gasteiger partial charge in [-0.25, -0.2) is 9.59 Å². The van der Waals surface area contributed by atoms with E-state index in [1.165, 1.54) is 4.90 Å². The second-order valence-corrected chi connectivity index (χ2v) is 12.5. The predicted molar refractivity (Wildman–Crippen MR) is 166 cm³/mol. The van der Waals surface area contributed by atoms with Crippen LogP contribution in [0.2, 0.25) is 0 Å². The van der Waals surface area contributed by atoms with E-state index in [4.69, 9.17) is 9.47 Å². The minimum absolute atomic E-state index is 0.100. The molecule has 8 nitrogen and oxygen atoms in total. The first-order valence-electron chi connectivity index (χ1n) is 14.8. The van der Waals surface area contributed by atoms with Crippen molar-refractivity contribution in [3.63, 3.8) is 0 Å². The van der Waals surface area contributed by atoms with Crippen molar-refractivity contribution in [3.05, 3.63) is 89.5 Å². The summed E-state index contributed by atoms with van der Waals surface area (Å²) >= 11 is 0. The van der Waals surface area contributed by atoms with Crippen LogP contribution in [0.1, 0.15) is 57.7 Å². The van der Waals surface area contributed by atoms with Crippen molar-refractivity contribution in [2.24, 2.45) is 5.92 Å². The monoisotopic (exact) mass is 586 g/mol. The molecule has 0 fully saturated rings. The van der Waals surface area contributed by atoms with Crippen molar-refractivity contribution in [2.75, 3.05) is 6.61 Å². The lowest BCUT2D eigenvalue weighted by Gasteiger charge is -2.37. The first kappa shape index (κ1) is 31.6. The summed E-state index contributed by atoms with van der Waals surface area (Å²) in [5, 5.41) is 12.7. The first-order valence-corrected chi connectivity index (χ1v) is 14.8. The molecule has 0 aliphatic carbocycles.